The van der Waals surface area contributed by atoms with Gasteiger partial charge in [0.25, 0.3) is 0 Å². The average molecular weight is 198 g/mol. The van der Waals surface area contributed by atoms with Crippen molar-refractivity contribution in [1.29, 1.82) is 0 Å². The number of aliphatic hydroxyl groups is 1. The zero-order chi connectivity index (χ0) is 10.6. The Morgan fingerprint density at radius 2 is 1.64 bits per heavy atom. The van der Waals surface area contributed by atoms with E-state index < -0.39 is 5.97 Å². The first kappa shape index (κ1) is 11.0. The Hall–Kier alpha value is -1.10. The molecular weight excluding hydrogens is 184 g/mol. The SMILES string of the molecule is COc1ccccc1C(O)(OC)OC. The van der Waals surface area contributed by atoms with E-state index in [-0.39, 0.29) is 0 Å². The molecule has 0 aliphatic heterocycles. The van der Waals surface area contributed by atoms with Gasteiger partial charge in [0.1, 0.15) is 5.75 Å². The molecular formula is C10H14O4. The molecule has 4 nitrogen and oxygen atoms in total. The highest BCUT2D eigenvalue weighted by Gasteiger charge is 2.32. The van der Waals surface area contributed by atoms with Crippen LogP contribution in [0.25, 0.3) is 0 Å². The minimum absolute atomic E-state index is 0.438. The van der Waals surface area contributed by atoms with E-state index in [0.717, 1.165) is 0 Å². The van der Waals surface area contributed by atoms with Crippen molar-refractivity contribution in [2.24, 2.45) is 0 Å². The largest absolute Gasteiger partial charge is 0.496 e. The molecule has 1 rings (SSSR count). The fourth-order valence-electron chi connectivity index (χ4n) is 1.21. The number of rotatable bonds is 4. The number of hydrogen-bond acceptors (Lipinski definition) is 4. The quantitative estimate of drug-likeness (QED) is 0.736. The number of methoxy groups -OCH3 is 3. The smallest absolute Gasteiger partial charge is 0.312 e. The zero-order valence-corrected chi connectivity index (χ0v) is 8.48. The van der Waals surface area contributed by atoms with Crippen molar-refractivity contribution in [3.8, 4) is 5.75 Å². The molecule has 1 N–H and O–H groups in total. The van der Waals surface area contributed by atoms with E-state index in [4.69, 9.17) is 14.2 Å². The summed E-state index contributed by atoms with van der Waals surface area (Å²) in [6.07, 6.45) is 0. The van der Waals surface area contributed by atoms with Crippen LogP contribution in [0.2, 0.25) is 0 Å². The number of para-hydroxylation sites is 1. The monoisotopic (exact) mass is 198 g/mol. The van der Waals surface area contributed by atoms with E-state index in [0.29, 0.717) is 11.3 Å². The molecule has 14 heavy (non-hydrogen) atoms. The van der Waals surface area contributed by atoms with Crippen LogP contribution in [0, 0.1) is 0 Å². The van der Waals surface area contributed by atoms with Crippen LogP contribution >= 0.6 is 0 Å². The van der Waals surface area contributed by atoms with Gasteiger partial charge in [-0.25, -0.2) is 0 Å². The summed E-state index contributed by atoms with van der Waals surface area (Å²) in [6.45, 7) is 0. The van der Waals surface area contributed by atoms with Crippen LogP contribution in [0.3, 0.4) is 0 Å². The maximum atomic E-state index is 9.89. The molecule has 0 aliphatic carbocycles. The number of hydrogen-bond donors (Lipinski definition) is 1. The van der Waals surface area contributed by atoms with Gasteiger partial charge in [0.2, 0.25) is 0 Å². The van der Waals surface area contributed by atoms with Crippen molar-refractivity contribution >= 4 is 0 Å². The Morgan fingerprint density at radius 3 is 2.14 bits per heavy atom. The van der Waals surface area contributed by atoms with E-state index in [1.165, 1.54) is 21.3 Å². The van der Waals surface area contributed by atoms with Crippen molar-refractivity contribution in [1.82, 2.24) is 0 Å². The number of ether oxygens (including phenoxy) is 3. The van der Waals surface area contributed by atoms with E-state index >= 15 is 0 Å². The molecule has 78 valence electrons. The van der Waals surface area contributed by atoms with Gasteiger partial charge in [-0.1, -0.05) is 12.1 Å². The molecule has 0 heterocycles. The first-order valence-corrected chi connectivity index (χ1v) is 4.14. The molecule has 1 aromatic rings. The van der Waals surface area contributed by atoms with Gasteiger partial charge in [-0.2, -0.15) is 0 Å². The Bertz CT molecular complexity index is 294. The maximum Gasteiger partial charge on any atom is 0.312 e. The van der Waals surface area contributed by atoms with Crippen LogP contribution in [0.15, 0.2) is 24.3 Å². The van der Waals surface area contributed by atoms with Crippen molar-refractivity contribution in [2.45, 2.75) is 5.97 Å². The van der Waals surface area contributed by atoms with Gasteiger partial charge >= 0.3 is 5.97 Å². The van der Waals surface area contributed by atoms with Crippen LogP contribution in [0.5, 0.6) is 5.75 Å². The molecule has 0 radical (unpaired) electrons. The van der Waals surface area contributed by atoms with E-state index in [2.05, 4.69) is 0 Å². The lowest BCUT2D eigenvalue weighted by molar-refractivity contribution is -0.352. The molecule has 0 unspecified atom stereocenters. The van der Waals surface area contributed by atoms with E-state index in [1.54, 1.807) is 24.3 Å². The summed E-state index contributed by atoms with van der Waals surface area (Å²) in [6, 6.07) is 6.96. The first-order chi connectivity index (χ1) is 6.68. The van der Waals surface area contributed by atoms with Gasteiger partial charge in [-0.3, -0.25) is 0 Å². The normalized spacial score (nSPS) is 11.4. The lowest BCUT2D eigenvalue weighted by Crippen LogP contribution is -2.30. The summed E-state index contributed by atoms with van der Waals surface area (Å²) >= 11 is 0. The summed E-state index contributed by atoms with van der Waals surface area (Å²) in [4.78, 5) is 0. The fraction of sp³-hybridized carbons (Fsp3) is 0.400. The standard InChI is InChI=1S/C10H14O4/c1-12-9-7-5-4-6-8(9)10(11,13-2)14-3/h4-7,11H,1-3H3. The predicted molar refractivity (Wildman–Crippen MR) is 50.9 cm³/mol. The first-order valence-electron chi connectivity index (χ1n) is 4.14. The highest BCUT2D eigenvalue weighted by atomic mass is 16.8. The summed E-state index contributed by atoms with van der Waals surface area (Å²) in [5.41, 5.74) is 0.438. The molecule has 0 aromatic heterocycles. The van der Waals surface area contributed by atoms with Crippen LogP contribution in [-0.2, 0) is 15.4 Å². The van der Waals surface area contributed by atoms with Gasteiger partial charge in [-0.15, -0.1) is 0 Å². The Balaban J connectivity index is 3.15. The summed E-state index contributed by atoms with van der Waals surface area (Å²) < 4.78 is 14.8. The van der Waals surface area contributed by atoms with Gasteiger partial charge in [0.05, 0.1) is 12.7 Å². The summed E-state index contributed by atoms with van der Waals surface area (Å²) in [5, 5.41) is 9.89. The molecule has 0 fully saturated rings. The highest BCUT2D eigenvalue weighted by Crippen LogP contribution is 2.30. The molecule has 0 spiro atoms. The van der Waals surface area contributed by atoms with Crippen LogP contribution in [0.1, 0.15) is 5.56 Å². The molecule has 0 saturated carbocycles. The lowest BCUT2D eigenvalue weighted by Gasteiger charge is -2.25. The van der Waals surface area contributed by atoms with E-state index in [1.807, 2.05) is 0 Å². The highest BCUT2D eigenvalue weighted by molar-refractivity contribution is 5.35. The maximum absolute atomic E-state index is 9.89. The second kappa shape index (κ2) is 4.41. The topological polar surface area (TPSA) is 47.9 Å². The van der Waals surface area contributed by atoms with Crippen LogP contribution < -0.4 is 4.74 Å². The molecule has 4 heteroatoms. The van der Waals surface area contributed by atoms with Gasteiger partial charge in [-0.05, 0) is 12.1 Å². The fourth-order valence-corrected chi connectivity index (χ4v) is 1.21. The third-order valence-electron chi connectivity index (χ3n) is 2.00. The predicted octanol–water partition coefficient (Wildman–Crippen LogP) is 1.09. The van der Waals surface area contributed by atoms with Crippen LogP contribution in [0.4, 0.5) is 0 Å². The van der Waals surface area contributed by atoms with Crippen molar-refractivity contribution < 1.29 is 19.3 Å². The average Bonchev–Trinajstić information content (AvgIpc) is 2.28. The second-order valence-electron chi connectivity index (χ2n) is 2.69. The molecule has 1 aromatic carbocycles. The minimum atomic E-state index is -1.76. The zero-order valence-electron chi connectivity index (χ0n) is 8.48. The Kier molecular flexibility index (Phi) is 3.46. The lowest BCUT2D eigenvalue weighted by atomic mass is 10.1. The Labute approximate surface area is 83.0 Å². The van der Waals surface area contributed by atoms with Crippen molar-refractivity contribution in [3.05, 3.63) is 29.8 Å². The van der Waals surface area contributed by atoms with Crippen molar-refractivity contribution in [2.75, 3.05) is 21.3 Å². The molecule has 0 saturated heterocycles. The summed E-state index contributed by atoms with van der Waals surface area (Å²) in [7, 11) is 4.23. The van der Waals surface area contributed by atoms with Gasteiger partial charge < -0.3 is 19.3 Å². The minimum Gasteiger partial charge on any atom is -0.496 e. The third kappa shape index (κ3) is 1.87. The third-order valence-corrected chi connectivity index (χ3v) is 2.00. The number of benzene rings is 1. The molecule has 0 aliphatic rings. The van der Waals surface area contributed by atoms with Gasteiger partial charge in [0, 0.05) is 14.2 Å². The van der Waals surface area contributed by atoms with Crippen molar-refractivity contribution in [3.63, 3.8) is 0 Å². The molecule has 0 atom stereocenters. The second-order valence-corrected chi connectivity index (χ2v) is 2.69. The molecule has 0 bridgehead atoms. The van der Waals surface area contributed by atoms with E-state index in [9.17, 15) is 5.11 Å². The van der Waals surface area contributed by atoms with Crippen LogP contribution in [-0.4, -0.2) is 26.4 Å². The summed E-state index contributed by atoms with van der Waals surface area (Å²) in [5.74, 6) is -1.24. The Morgan fingerprint density at radius 1 is 1.07 bits per heavy atom. The molecule has 0 amide bonds. The van der Waals surface area contributed by atoms with Gasteiger partial charge in [0.15, 0.2) is 0 Å².